The first-order valence-corrected chi connectivity index (χ1v) is 11.2. The van der Waals surface area contributed by atoms with Gasteiger partial charge in [0, 0.05) is 16.7 Å². The summed E-state index contributed by atoms with van der Waals surface area (Å²) in [4.78, 5) is 29.3. The highest BCUT2D eigenvalue weighted by Crippen LogP contribution is 2.22. The summed E-state index contributed by atoms with van der Waals surface area (Å²) in [7, 11) is 0. The fourth-order valence-electron chi connectivity index (χ4n) is 3.17. The number of anilines is 1. The number of hydrogen-bond donors (Lipinski definition) is 3. The topological polar surface area (TPSA) is 163 Å². The first-order valence-electron chi connectivity index (χ1n) is 11.2. The molecule has 1 atom stereocenters. The maximum absolute atomic E-state index is 11.4. The zero-order valence-corrected chi connectivity index (χ0v) is 20.6. The number of aromatic nitrogens is 3. The normalized spacial score (nSPS) is 12.8. The average molecular weight is 485 g/mol. The molecule has 0 radical (unpaired) electrons. The van der Waals surface area contributed by atoms with E-state index in [1.165, 1.54) is 13.1 Å². The fourth-order valence-corrected chi connectivity index (χ4v) is 3.17. The summed E-state index contributed by atoms with van der Waals surface area (Å²) in [6, 6.07) is 15.5. The molecule has 0 unspecified atom stereocenters. The van der Waals surface area contributed by atoms with Crippen LogP contribution in [0.15, 0.2) is 58.6 Å². The predicted octanol–water partition coefficient (Wildman–Crippen LogP) is 3.53. The van der Waals surface area contributed by atoms with Gasteiger partial charge in [0.05, 0.1) is 41.5 Å². The molecule has 4 N–H and O–H groups in total. The minimum atomic E-state index is -1.06. The number of aliphatic carboxylic acids is 1. The first kappa shape index (κ1) is 26.0. The molecule has 3 rings (SSSR count). The molecule has 1 aromatic carbocycles. The Balaban J connectivity index is 1.95. The summed E-state index contributed by atoms with van der Waals surface area (Å²) < 4.78 is 0. The van der Waals surface area contributed by atoms with Gasteiger partial charge in [-0.25, -0.2) is 9.97 Å². The van der Waals surface area contributed by atoms with Crippen LogP contribution in [0.5, 0.6) is 0 Å². The van der Waals surface area contributed by atoms with E-state index in [0.717, 1.165) is 11.4 Å². The number of aliphatic imine (C=N–C) groups is 1. The summed E-state index contributed by atoms with van der Waals surface area (Å²) in [6.45, 7) is 8.07. The lowest BCUT2D eigenvalue weighted by Crippen LogP contribution is -2.27. The van der Waals surface area contributed by atoms with Crippen molar-refractivity contribution in [3.63, 3.8) is 0 Å². The SMILES string of the molecule is C[C@H](Nc1nc(/C(C=NCc2cccc(C(C)(C)C)n2)=N/N)cc(-c2cccc(C#N)c2)n1)C(=O)O. The lowest BCUT2D eigenvalue weighted by Gasteiger charge is -2.17. The number of benzene rings is 1. The van der Waals surface area contributed by atoms with E-state index < -0.39 is 12.0 Å². The molecule has 0 amide bonds. The van der Waals surface area contributed by atoms with Crippen LogP contribution in [0.3, 0.4) is 0 Å². The van der Waals surface area contributed by atoms with Crippen molar-refractivity contribution in [1.29, 1.82) is 5.26 Å². The van der Waals surface area contributed by atoms with Crippen LogP contribution in [0.4, 0.5) is 5.95 Å². The van der Waals surface area contributed by atoms with Gasteiger partial charge in [-0.3, -0.25) is 14.8 Å². The van der Waals surface area contributed by atoms with Crippen molar-refractivity contribution in [2.24, 2.45) is 15.9 Å². The second kappa shape index (κ2) is 11.2. The highest BCUT2D eigenvalue weighted by molar-refractivity contribution is 6.37. The van der Waals surface area contributed by atoms with E-state index in [9.17, 15) is 15.2 Å². The number of pyridine rings is 1. The molecule has 2 aromatic heterocycles. The van der Waals surface area contributed by atoms with Gasteiger partial charge in [-0.2, -0.15) is 10.4 Å². The number of nitrogens with zero attached hydrogens (tertiary/aromatic N) is 6. The van der Waals surface area contributed by atoms with Gasteiger partial charge in [-0.1, -0.05) is 39.0 Å². The third kappa shape index (κ3) is 6.70. The standard InChI is InChI=1S/C26H28N8O2/c1-16(24(35)36)30-25-32-20(18-8-5-7-17(11-18)13-27)12-21(33-25)22(34-28)15-29-14-19-9-6-10-23(31-19)26(2,3)4/h5-12,15-16H,14,28H2,1-4H3,(H,35,36)(H,30,32,33)/b29-15?,34-22+/t16-/m0/s1. The number of nitrogens with one attached hydrogen (secondary N) is 1. The molecule has 0 fully saturated rings. The van der Waals surface area contributed by atoms with Gasteiger partial charge in [0.25, 0.3) is 0 Å². The van der Waals surface area contributed by atoms with Crippen LogP contribution in [-0.2, 0) is 16.8 Å². The summed E-state index contributed by atoms with van der Waals surface area (Å²) >= 11 is 0. The number of hydrogen-bond acceptors (Lipinski definition) is 9. The maximum atomic E-state index is 11.4. The minimum Gasteiger partial charge on any atom is -0.480 e. The molecule has 0 spiro atoms. The van der Waals surface area contributed by atoms with Gasteiger partial charge in [0.1, 0.15) is 11.8 Å². The van der Waals surface area contributed by atoms with Crippen molar-refractivity contribution >= 4 is 23.8 Å². The van der Waals surface area contributed by atoms with Gasteiger partial charge in [0.15, 0.2) is 0 Å². The van der Waals surface area contributed by atoms with E-state index >= 15 is 0 Å². The monoisotopic (exact) mass is 484 g/mol. The molecule has 0 aliphatic heterocycles. The highest BCUT2D eigenvalue weighted by Gasteiger charge is 2.17. The van der Waals surface area contributed by atoms with Crippen molar-refractivity contribution in [2.45, 2.75) is 45.7 Å². The summed E-state index contributed by atoms with van der Waals surface area (Å²) in [5.74, 6) is 4.68. The lowest BCUT2D eigenvalue weighted by atomic mass is 9.91. The second-order valence-electron chi connectivity index (χ2n) is 9.11. The minimum absolute atomic E-state index is 0.0776. The molecule has 10 nitrogen and oxygen atoms in total. The maximum Gasteiger partial charge on any atom is 0.325 e. The van der Waals surface area contributed by atoms with Crippen LogP contribution < -0.4 is 11.2 Å². The third-order valence-electron chi connectivity index (χ3n) is 5.17. The van der Waals surface area contributed by atoms with Gasteiger partial charge >= 0.3 is 5.97 Å². The third-order valence-corrected chi connectivity index (χ3v) is 5.17. The molecule has 10 heteroatoms. The van der Waals surface area contributed by atoms with Crippen molar-refractivity contribution in [2.75, 3.05) is 5.32 Å². The predicted molar refractivity (Wildman–Crippen MR) is 139 cm³/mol. The van der Waals surface area contributed by atoms with E-state index in [-0.39, 0.29) is 17.1 Å². The van der Waals surface area contributed by atoms with Crippen LogP contribution in [-0.4, -0.2) is 44.0 Å². The van der Waals surface area contributed by atoms with Crippen LogP contribution in [0.25, 0.3) is 11.3 Å². The Labute approximate surface area is 209 Å². The zero-order valence-electron chi connectivity index (χ0n) is 20.6. The van der Waals surface area contributed by atoms with Crippen molar-refractivity contribution in [3.05, 3.63) is 71.2 Å². The smallest absolute Gasteiger partial charge is 0.325 e. The number of rotatable bonds is 8. The van der Waals surface area contributed by atoms with Crippen LogP contribution in [0.1, 0.15) is 50.3 Å². The number of nitrogens with two attached hydrogens (primary N) is 1. The average Bonchev–Trinajstić information content (AvgIpc) is 2.86. The quantitative estimate of drug-likeness (QED) is 0.248. The van der Waals surface area contributed by atoms with E-state index in [1.54, 1.807) is 30.3 Å². The molecular formula is C26H28N8O2. The molecule has 184 valence electrons. The molecule has 2 heterocycles. The van der Waals surface area contributed by atoms with Gasteiger partial charge < -0.3 is 16.3 Å². The van der Waals surface area contributed by atoms with E-state index in [2.05, 4.69) is 57.2 Å². The molecule has 0 aliphatic carbocycles. The summed E-state index contributed by atoms with van der Waals surface area (Å²) in [5.41, 5.74) is 3.86. The molecule has 0 bridgehead atoms. The lowest BCUT2D eigenvalue weighted by molar-refractivity contribution is -0.137. The van der Waals surface area contributed by atoms with Gasteiger partial charge in [-0.05, 0) is 37.3 Å². The summed E-state index contributed by atoms with van der Waals surface area (Å²) in [6.07, 6.45) is 1.49. The number of nitriles is 1. The highest BCUT2D eigenvalue weighted by atomic mass is 16.4. The Morgan fingerprint density at radius 3 is 2.61 bits per heavy atom. The molecule has 0 aliphatic rings. The van der Waals surface area contributed by atoms with Gasteiger partial charge in [-0.15, -0.1) is 0 Å². The van der Waals surface area contributed by atoms with E-state index in [1.807, 2.05) is 18.2 Å². The molecule has 3 aromatic rings. The van der Waals surface area contributed by atoms with Crippen molar-refractivity contribution < 1.29 is 9.90 Å². The Morgan fingerprint density at radius 1 is 1.19 bits per heavy atom. The van der Waals surface area contributed by atoms with Crippen molar-refractivity contribution in [3.8, 4) is 17.3 Å². The first-order chi connectivity index (χ1) is 17.1. The fraction of sp³-hybridized carbons (Fsp3) is 0.269. The number of carboxylic acids is 1. The largest absolute Gasteiger partial charge is 0.480 e. The van der Waals surface area contributed by atoms with Crippen LogP contribution in [0, 0.1) is 11.3 Å². The number of carbonyl (C=O) groups is 1. The second-order valence-corrected chi connectivity index (χ2v) is 9.11. The van der Waals surface area contributed by atoms with Crippen LogP contribution >= 0.6 is 0 Å². The molecular weight excluding hydrogens is 456 g/mol. The Hall–Kier alpha value is -4.65. The number of hydrazone groups is 1. The van der Waals surface area contributed by atoms with Crippen LogP contribution in [0.2, 0.25) is 0 Å². The Morgan fingerprint density at radius 2 is 1.94 bits per heavy atom. The number of carboxylic acid groups (broad SMARTS) is 1. The van der Waals surface area contributed by atoms with Gasteiger partial charge in [0.2, 0.25) is 5.95 Å². The van der Waals surface area contributed by atoms with E-state index in [0.29, 0.717) is 29.1 Å². The zero-order chi connectivity index (χ0) is 26.3. The molecule has 0 saturated carbocycles. The van der Waals surface area contributed by atoms with Crippen molar-refractivity contribution in [1.82, 2.24) is 15.0 Å². The molecule has 0 saturated heterocycles. The Bertz CT molecular complexity index is 1350. The van der Waals surface area contributed by atoms with E-state index in [4.69, 9.17) is 5.84 Å². The molecule has 36 heavy (non-hydrogen) atoms. The Kier molecular flexibility index (Phi) is 8.07. The summed E-state index contributed by atoms with van der Waals surface area (Å²) in [5, 5.41) is 25.1.